The summed E-state index contributed by atoms with van der Waals surface area (Å²) in [6, 6.07) is 15.8. The number of halogens is 1. The summed E-state index contributed by atoms with van der Waals surface area (Å²) >= 11 is 7.75. The predicted molar refractivity (Wildman–Crippen MR) is 97.4 cm³/mol. The average molecular weight is 347 g/mol. The molecule has 1 N–H and O–H groups in total. The molecule has 3 nitrogen and oxygen atoms in total. The van der Waals surface area contributed by atoms with Gasteiger partial charge in [-0.05, 0) is 36.8 Å². The Hall–Kier alpha value is -1.65. The van der Waals surface area contributed by atoms with E-state index in [1.54, 1.807) is 0 Å². The molecule has 0 aliphatic carbocycles. The maximum atomic E-state index is 12.4. The van der Waals surface area contributed by atoms with Gasteiger partial charge in [0.05, 0.1) is 18.3 Å². The van der Waals surface area contributed by atoms with Crippen LogP contribution in [0.15, 0.2) is 53.4 Å². The molecule has 1 atom stereocenters. The van der Waals surface area contributed by atoms with E-state index in [0.29, 0.717) is 11.6 Å². The summed E-state index contributed by atoms with van der Waals surface area (Å²) in [5, 5.41) is 3.77. The molecule has 0 aromatic heterocycles. The minimum atomic E-state index is -0.0332. The van der Waals surface area contributed by atoms with Crippen LogP contribution in [0, 0.1) is 0 Å². The number of hydrogen-bond donors (Lipinski definition) is 1. The molecular formula is C18H19ClN2OS. The molecule has 23 heavy (non-hydrogen) atoms. The van der Waals surface area contributed by atoms with Crippen LogP contribution in [-0.2, 0) is 4.79 Å². The highest BCUT2D eigenvalue weighted by molar-refractivity contribution is 7.99. The Morgan fingerprint density at radius 2 is 2.00 bits per heavy atom. The molecule has 1 heterocycles. The number of anilines is 1. The Morgan fingerprint density at radius 1 is 1.26 bits per heavy atom. The van der Waals surface area contributed by atoms with Crippen molar-refractivity contribution in [3.05, 3.63) is 59.1 Å². The van der Waals surface area contributed by atoms with Crippen molar-refractivity contribution >= 4 is 35.0 Å². The number of carbonyl (C=O) groups excluding carboxylic acids is 1. The zero-order valence-electron chi connectivity index (χ0n) is 13.0. The molecule has 1 aliphatic heterocycles. The van der Waals surface area contributed by atoms with Crippen LogP contribution < -0.4 is 10.2 Å². The van der Waals surface area contributed by atoms with Crippen molar-refractivity contribution in [2.45, 2.75) is 17.9 Å². The topological polar surface area (TPSA) is 32.3 Å². The van der Waals surface area contributed by atoms with Crippen molar-refractivity contribution in [3.63, 3.8) is 0 Å². The second kappa shape index (κ2) is 7.28. The van der Waals surface area contributed by atoms with Crippen LogP contribution in [0.1, 0.15) is 18.5 Å². The lowest BCUT2D eigenvalue weighted by molar-refractivity contribution is -0.120. The summed E-state index contributed by atoms with van der Waals surface area (Å²) in [5.41, 5.74) is 2.20. The van der Waals surface area contributed by atoms with E-state index in [4.69, 9.17) is 11.6 Å². The Labute approximate surface area is 146 Å². The van der Waals surface area contributed by atoms with Crippen molar-refractivity contribution in [1.82, 2.24) is 5.32 Å². The number of fused-ring (bicyclic) bond motifs is 1. The van der Waals surface area contributed by atoms with Crippen molar-refractivity contribution in [1.29, 1.82) is 0 Å². The molecule has 3 rings (SSSR count). The van der Waals surface area contributed by atoms with Crippen LogP contribution in [0.3, 0.4) is 0 Å². The maximum absolute atomic E-state index is 12.4. The van der Waals surface area contributed by atoms with E-state index in [1.807, 2.05) is 55.1 Å². The van der Waals surface area contributed by atoms with Crippen LogP contribution in [0.4, 0.5) is 5.69 Å². The average Bonchev–Trinajstić information content (AvgIpc) is 2.55. The van der Waals surface area contributed by atoms with Gasteiger partial charge in [0.15, 0.2) is 0 Å². The highest BCUT2D eigenvalue weighted by atomic mass is 35.5. The van der Waals surface area contributed by atoms with E-state index in [9.17, 15) is 4.79 Å². The van der Waals surface area contributed by atoms with Gasteiger partial charge in [-0.3, -0.25) is 4.79 Å². The van der Waals surface area contributed by atoms with Gasteiger partial charge >= 0.3 is 0 Å². The minimum absolute atomic E-state index is 0.0332. The highest BCUT2D eigenvalue weighted by Gasteiger charge is 2.20. The first kappa shape index (κ1) is 16.2. The van der Waals surface area contributed by atoms with Gasteiger partial charge in [-0.25, -0.2) is 0 Å². The normalized spacial score (nSPS) is 15.0. The summed E-state index contributed by atoms with van der Waals surface area (Å²) < 4.78 is 0. The number of thioether (sulfide) groups is 1. The second-order valence-corrected chi connectivity index (χ2v) is 7.15. The number of nitrogens with one attached hydrogen (secondary N) is 1. The molecule has 0 saturated carbocycles. The molecule has 120 valence electrons. The van der Waals surface area contributed by atoms with Gasteiger partial charge in [0.2, 0.25) is 5.91 Å². The van der Waals surface area contributed by atoms with Crippen LogP contribution in [-0.4, -0.2) is 24.7 Å². The third-order valence-corrected chi connectivity index (χ3v) is 5.20. The molecule has 0 bridgehead atoms. The Morgan fingerprint density at radius 3 is 2.78 bits per heavy atom. The molecule has 1 amide bonds. The third-order valence-electron chi connectivity index (χ3n) is 3.91. The van der Waals surface area contributed by atoms with E-state index in [-0.39, 0.29) is 11.9 Å². The second-order valence-electron chi connectivity index (χ2n) is 5.58. The lowest BCUT2D eigenvalue weighted by Crippen LogP contribution is -2.40. The molecule has 0 spiro atoms. The standard InChI is InChI=1S/C18H19ClN2OS/c1-13(14-6-8-15(19)9-7-14)20-18(22)12-21-10-11-23-17-5-3-2-4-16(17)21/h2-9,13H,10-12H2,1H3,(H,20,22)/t13-/m1/s1. The molecule has 0 radical (unpaired) electrons. The number of carbonyl (C=O) groups is 1. The molecule has 2 aromatic carbocycles. The zero-order chi connectivity index (χ0) is 16.2. The molecule has 0 saturated heterocycles. The zero-order valence-corrected chi connectivity index (χ0v) is 14.5. The first-order chi connectivity index (χ1) is 11.1. The Bertz CT molecular complexity index is 690. The SMILES string of the molecule is C[C@@H](NC(=O)CN1CCSc2ccccc21)c1ccc(Cl)cc1. The number of benzene rings is 2. The third kappa shape index (κ3) is 4.01. The molecule has 1 aliphatic rings. The van der Waals surface area contributed by atoms with Crippen molar-refractivity contribution in [2.24, 2.45) is 0 Å². The van der Waals surface area contributed by atoms with Crippen LogP contribution in [0.25, 0.3) is 0 Å². The van der Waals surface area contributed by atoms with Crippen molar-refractivity contribution < 1.29 is 4.79 Å². The van der Waals surface area contributed by atoms with Crippen LogP contribution in [0.5, 0.6) is 0 Å². The molecule has 0 fully saturated rings. The smallest absolute Gasteiger partial charge is 0.239 e. The van der Waals surface area contributed by atoms with Gasteiger partial charge in [-0.1, -0.05) is 35.9 Å². The summed E-state index contributed by atoms with van der Waals surface area (Å²) in [6.07, 6.45) is 0. The minimum Gasteiger partial charge on any atom is -0.360 e. The predicted octanol–water partition coefficient (Wildman–Crippen LogP) is 4.13. The number of nitrogens with zero attached hydrogens (tertiary/aromatic N) is 1. The monoisotopic (exact) mass is 346 g/mol. The first-order valence-corrected chi connectivity index (χ1v) is 9.01. The number of rotatable bonds is 4. The fourth-order valence-electron chi connectivity index (χ4n) is 2.69. The Balaban J connectivity index is 1.63. The summed E-state index contributed by atoms with van der Waals surface area (Å²) in [6.45, 7) is 3.26. The maximum Gasteiger partial charge on any atom is 0.239 e. The summed E-state index contributed by atoms with van der Waals surface area (Å²) in [7, 11) is 0. The number of amides is 1. The molecular weight excluding hydrogens is 328 g/mol. The van der Waals surface area contributed by atoms with Crippen LogP contribution >= 0.6 is 23.4 Å². The van der Waals surface area contributed by atoms with Gasteiger partial charge in [0.1, 0.15) is 0 Å². The molecule has 2 aromatic rings. The summed E-state index contributed by atoms with van der Waals surface area (Å²) in [4.78, 5) is 15.8. The van der Waals surface area contributed by atoms with Crippen molar-refractivity contribution in [3.8, 4) is 0 Å². The van der Waals surface area contributed by atoms with E-state index < -0.39 is 0 Å². The van der Waals surface area contributed by atoms with E-state index in [1.165, 1.54) is 4.90 Å². The number of hydrogen-bond acceptors (Lipinski definition) is 3. The molecule has 5 heteroatoms. The fraction of sp³-hybridized carbons (Fsp3) is 0.278. The van der Waals surface area contributed by atoms with E-state index >= 15 is 0 Å². The summed E-state index contributed by atoms with van der Waals surface area (Å²) in [5.74, 6) is 1.05. The lowest BCUT2D eigenvalue weighted by atomic mass is 10.1. The van der Waals surface area contributed by atoms with Gasteiger partial charge in [-0.15, -0.1) is 11.8 Å². The van der Waals surface area contributed by atoms with E-state index in [2.05, 4.69) is 22.3 Å². The highest BCUT2D eigenvalue weighted by Crippen LogP contribution is 2.33. The van der Waals surface area contributed by atoms with E-state index in [0.717, 1.165) is 23.5 Å². The largest absolute Gasteiger partial charge is 0.360 e. The van der Waals surface area contributed by atoms with Gasteiger partial charge in [0, 0.05) is 22.2 Å². The Kier molecular flexibility index (Phi) is 5.13. The number of para-hydroxylation sites is 1. The van der Waals surface area contributed by atoms with Gasteiger partial charge in [-0.2, -0.15) is 0 Å². The van der Waals surface area contributed by atoms with Gasteiger partial charge < -0.3 is 10.2 Å². The van der Waals surface area contributed by atoms with Gasteiger partial charge in [0.25, 0.3) is 0 Å². The fourth-order valence-corrected chi connectivity index (χ4v) is 3.86. The van der Waals surface area contributed by atoms with Crippen LogP contribution in [0.2, 0.25) is 5.02 Å². The van der Waals surface area contributed by atoms with Crippen molar-refractivity contribution in [2.75, 3.05) is 23.7 Å². The lowest BCUT2D eigenvalue weighted by Gasteiger charge is -2.30. The quantitative estimate of drug-likeness (QED) is 0.903. The first-order valence-electron chi connectivity index (χ1n) is 7.65. The molecule has 0 unspecified atom stereocenters.